The smallest absolute Gasteiger partial charge is 0.259 e. The van der Waals surface area contributed by atoms with Crippen LogP contribution in [-0.2, 0) is 4.74 Å². The Morgan fingerprint density at radius 2 is 2.04 bits per heavy atom. The molecule has 0 radical (unpaired) electrons. The van der Waals surface area contributed by atoms with E-state index < -0.39 is 0 Å². The summed E-state index contributed by atoms with van der Waals surface area (Å²) < 4.78 is 11.2. The van der Waals surface area contributed by atoms with Crippen LogP contribution >= 0.6 is 0 Å². The molecule has 2 aliphatic rings. The van der Waals surface area contributed by atoms with E-state index in [0.29, 0.717) is 36.2 Å². The number of hydrogen-bond donors (Lipinski definition) is 0. The van der Waals surface area contributed by atoms with Crippen molar-refractivity contribution in [1.29, 1.82) is 0 Å². The quantitative estimate of drug-likeness (QED) is 0.829. The number of aryl methyl sites for hydroxylation is 1. The van der Waals surface area contributed by atoms with Gasteiger partial charge in [0.2, 0.25) is 0 Å². The molecule has 6 nitrogen and oxygen atoms in total. The summed E-state index contributed by atoms with van der Waals surface area (Å²) in [5.74, 6) is 0.579. The van der Waals surface area contributed by atoms with Crippen molar-refractivity contribution >= 4 is 5.91 Å². The highest BCUT2D eigenvalue weighted by molar-refractivity contribution is 6.00. The van der Waals surface area contributed by atoms with Crippen LogP contribution in [0.4, 0.5) is 0 Å². The molecule has 2 aromatic rings. The molecule has 2 aliphatic heterocycles. The Hall–Kier alpha value is -2.18. The first-order chi connectivity index (χ1) is 13.2. The van der Waals surface area contributed by atoms with E-state index in [0.717, 1.165) is 38.1 Å². The largest absolute Gasteiger partial charge is 0.378 e. The minimum absolute atomic E-state index is 0.00451. The summed E-state index contributed by atoms with van der Waals surface area (Å²) >= 11 is 0. The zero-order chi connectivity index (χ0) is 18.8. The molecule has 1 amide bonds. The number of morpholine rings is 1. The predicted octanol–water partition coefficient (Wildman–Crippen LogP) is 2.98. The Balaban J connectivity index is 1.54. The second-order valence-corrected chi connectivity index (χ2v) is 7.45. The van der Waals surface area contributed by atoms with Crippen molar-refractivity contribution in [3.63, 3.8) is 0 Å². The van der Waals surface area contributed by atoms with Gasteiger partial charge < -0.3 is 14.2 Å². The molecule has 2 atom stereocenters. The summed E-state index contributed by atoms with van der Waals surface area (Å²) in [4.78, 5) is 17.8. The van der Waals surface area contributed by atoms with E-state index in [2.05, 4.69) is 17.0 Å². The van der Waals surface area contributed by atoms with Gasteiger partial charge in [-0.25, -0.2) is 0 Å². The zero-order valence-electron chi connectivity index (χ0n) is 16.1. The Bertz CT molecular complexity index is 787. The number of amides is 1. The molecule has 6 heteroatoms. The molecule has 2 saturated heterocycles. The highest BCUT2D eigenvalue weighted by Gasteiger charge is 2.38. The highest BCUT2D eigenvalue weighted by atomic mass is 16.5. The molecule has 0 unspecified atom stereocenters. The molecule has 144 valence electrons. The van der Waals surface area contributed by atoms with Crippen LogP contribution in [0.2, 0.25) is 0 Å². The maximum Gasteiger partial charge on any atom is 0.259 e. The van der Waals surface area contributed by atoms with Gasteiger partial charge in [0, 0.05) is 31.2 Å². The SMILES string of the molecule is CCC[C@H]1COC[C@H]2CN(C(=O)c3c(-c4ccccc4)noc3C)CCN12. The van der Waals surface area contributed by atoms with E-state index in [1.165, 1.54) is 0 Å². The maximum absolute atomic E-state index is 13.3. The second-order valence-electron chi connectivity index (χ2n) is 7.45. The van der Waals surface area contributed by atoms with Crippen LogP contribution in [0.3, 0.4) is 0 Å². The molecular weight excluding hydrogens is 342 g/mol. The topological polar surface area (TPSA) is 58.8 Å². The third-order valence-electron chi connectivity index (χ3n) is 5.65. The van der Waals surface area contributed by atoms with Gasteiger partial charge >= 0.3 is 0 Å². The zero-order valence-corrected chi connectivity index (χ0v) is 16.1. The predicted molar refractivity (Wildman–Crippen MR) is 103 cm³/mol. The van der Waals surface area contributed by atoms with E-state index in [-0.39, 0.29) is 11.9 Å². The molecule has 0 spiro atoms. The summed E-state index contributed by atoms with van der Waals surface area (Å²) in [7, 11) is 0. The van der Waals surface area contributed by atoms with Crippen LogP contribution in [0.25, 0.3) is 11.3 Å². The first-order valence-electron chi connectivity index (χ1n) is 9.83. The van der Waals surface area contributed by atoms with E-state index >= 15 is 0 Å². The number of benzene rings is 1. The van der Waals surface area contributed by atoms with Crippen molar-refractivity contribution in [2.45, 2.75) is 38.8 Å². The molecule has 0 N–H and O–H groups in total. The van der Waals surface area contributed by atoms with Crippen LogP contribution in [0.5, 0.6) is 0 Å². The fraction of sp³-hybridized carbons (Fsp3) is 0.524. The second kappa shape index (κ2) is 7.82. The van der Waals surface area contributed by atoms with Crippen LogP contribution < -0.4 is 0 Å². The van der Waals surface area contributed by atoms with Crippen LogP contribution in [0.1, 0.15) is 35.9 Å². The Kier molecular flexibility index (Phi) is 5.27. The van der Waals surface area contributed by atoms with E-state index in [4.69, 9.17) is 9.26 Å². The van der Waals surface area contributed by atoms with Gasteiger partial charge in [-0.05, 0) is 13.3 Å². The number of carbonyl (C=O) groups excluding carboxylic acids is 1. The van der Waals surface area contributed by atoms with Gasteiger partial charge in [0.25, 0.3) is 5.91 Å². The van der Waals surface area contributed by atoms with Gasteiger partial charge in [-0.1, -0.05) is 48.8 Å². The molecule has 2 fully saturated rings. The van der Waals surface area contributed by atoms with Crippen molar-refractivity contribution in [3.8, 4) is 11.3 Å². The molecule has 0 bridgehead atoms. The van der Waals surface area contributed by atoms with Gasteiger partial charge in [-0.2, -0.15) is 0 Å². The number of ether oxygens (including phenoxy) is 1. The molecular formula is C21H27N3O3. The van der Waals surface area contributed by atoms with Gasteiger partial charge in [0.1, 0.15) is 17.0 Å². The van der Waals surface area contributed by atoms with Gasteiger partial charge in [-0.3, -0.25) is 9.69 Å². The van der Waals surface area contributed by atoms with Crippen molar-refractivity contribution in [2.24, 2.45) is 0 Å². The summed E-state index contributed by atoms with van der Waals surface area (Å²) in [5.41, 5.74) is 2.11. The summed E-state index contributed by atoms with van der Waals surface area (Å²) in [6, 6.07) is 10.5. The normalized spacial score (nSPS) is 23.3. The minimum atomic E-state index is 0.00451. The molecule has 0 aliphatic carbocycles. The lowest BCUT2D eigenvalue weighted by Gasteiger charge is -2.48. The summed E-state index contributed by atoms with van der Waals surface area (Å²) in [6.07, 6.45) is 2.30. The fourth-order valence-electron chi connectivity index (χ4n) is 4.28. The Morgan fingerprint density at radius 1 is 1.22 bits per heavy atom. The average molecular weight is 369 g/mol. The number of hydrogen-bond acceptors (Lipinski definition) is 5. The van der Waals surface area contributed by atoms with E-state index in [1.807, 2.05) is 42.2 Å². The van der Waals surface area contributed by atoms with Crippen molar-refractivity contribution in [2.75, 3.05) is 32.8 Å². The maximum atomic E-state index is 13.3. The third kappa shape index (κ3) is 3.51. The molecule has 27 heavy (non-hydrogen) atoms. The highest BCUT2D eigenvalue weighted by Crippen LogP contribution is 2.28. The summed E-state index contributed by atoms with van der Waals surface area (Å²) in [6.45, 7) is 7.84. The number of carbonyl (C=O) groups is 1. The minimum Gasteiger partial charge on any atom is -0.378 e. The molecule has 4 rings (SSSR count). The van der Waals surface area contributed by atoms with E-state index in [1.54, 1.807) is 0 Å². The molecule has 1 aromatic heterocycles. The lowest BCUT2D eigenvalue weighted by Crippen LogP contribution is -2.62. The van der Waals surface area contributed by atoms with Gasteiger partial charge in [0.05, 0.1) is 19.3 Å². The van der Waals surface area contributed by atoms with Crippen LogP contribution in [0.15, 0.2) is 34.9 Å². The number of piperazine rings is 1. The van der Waals surface area contributed by atoms with Crippen molar-refractivity contribution in [1.82, 2.24) is 15.0 Å². The summed E-state index contributed by atoms with van der Waals surface area (Å²) in [5, 5.41) is 4.16. The molecule has 3 heterocycles. The standard InChI is InChI=1S/C21H27N3O3/c1-3-7-17-13-26-14-18-12-23(10-11-24(17)18)21(25)19-15(2)27-22-20(19)16-8-5-4-6-9-16/h4-6,8-9,17-18H,3,7,10-14H2,1-2H3/t17-,18+/m0/s1. The number of rotatable bonds is 4. The number of fused-ring (bicyclic) bond motifs is 1. The Labute approximate surface area is 160 Å². The van der Waals surface area contributed by atoms with Gasteiger partial charge in [0.15, 0.2) is 0 Å². The van der Waals surface area contributed by atoms with E-state index in [9.17, 15) is 4.79 Å². The number of aromatic nitrogens is 1. The average Bonchev–Trinajstić information content (AvgIpc) is 3.09. The Morgan fingerprint density at radius 3 is 2.81 bits per heavy atom. The lowest BCUT2D eigenvalue weighted by molar-refractivity contribution is -0.0776. The van der Waals surface area contributed by atoms with Crippen molar-refractivity contribution < 1.29 is 14.1 Å². The molecule has 1 aromatic carbocycles. The third-order valence-corrected chi connectivity index (χ3v) is 5.65. The van der Waals surface area contributed by atoms with Crippen LogP contribution in [-0.4, -0.2) is 65.8 Å². The fourth-order valence-corrected chi connectivity index (χ4v) is 4.28. The van der Waals surface area contributed by atoms with Crippen molar-refractivity contribution in [3.05, 3.63) is 41.7 Å². The number of nitrogens with zero attached hydrogens (tertiary/aromatic N) is 3. The monoisotopic (exact) mass is 369 g/mol. The first kappa shape index (κ1) is 18.2. The van der Waals surface area contributed by atoms with Crippen LogP contribution in [0, 0.1) is 6.92 Å². The lowest BCUT2D eigenvalue weighted by atomic mass is 10.0. The first-order valence-corrected chi connectivity index (χ1v) is 9.83. The van der Waals surface area contributed by atoms with Gasteiger partial charge in [-0.15, -0.1) is 0 Å². The molecule has 0 saturated carbocycles.